The summed E-state index contributed by atoms with van der Waals surface area (Å²) in [6, 6.07) is 3.95. The number of hydrogen-bond acceptors (Lipinski definition) is 4. The SMILES string of the molecule is CC(C)(C)Nc1ncc(C(=O)Nc2ccc(F)c(Cl)c2)cn1. The smallest absolute Gasteiger partial charge is 0.258 e. The van der Waals surface area contributed by atoms with Crippen molar-refractivity contribution in [2.24, 2.45) is 0 Å². The molecule has 1 heterocycles. The van der Waals surface area contributed by atoms with Gasteiger partial charge in [0.1, 0.15) is 5.82 Å². The summed E-state index contributed by atoms with van der Waals surface area (Å²) in [7, 11) is 0. The molecule has 0 fully saturated rings. The number of carbonyl (C=O) groups is 1. The summed E-state index contributed by atoms with van der Waals surface area (Å²) < 4.78 is 13.1. The first-order valence-corrected chi connectivity index (χ1v) is 6.99. The predicted octanol–water partition coefficient (Wildman–Crippen LogP) is 3.73. The first kappa shape index (κ1) is 16.2. The Bertz CT molecular complexity index is 683. The minimum Gasteiger partial charge on any atom is -0.350 e. The van der Waals surface area contributed by atoms with Gasteiger partial charge in [-0.25, -0.2) is 14.4 Å². The Hall–Kier alpha value is -2.21. The zero-order valence-electron chi connectivity index (χ0n) is 12.4. The van der Waals surface area contributed by atoms with Crippen LogP contribution in [-0.4, -0.2) is 21.4 Å². The normalized spacial score (nSPS) is 11.1. The lowest BCUT2D eigenvalue weighted by molar-refractivity contribution is 0.102. The third kappa shape index (κ3) is 4.39. The van der Waals surface area contributed by atoms with Crippen LogP contribution in [0.5, 0.6) is 0 Å². The van der Waals surface area contributed by atoms with Gasteiger partial charge in [0.25, 0.3) is 5.91 Å². The monoisotopic (exact) mass is 322 g/mol. The standard InChI is InChI=1S/C15H16ClFN4O/c1-15(2,3)21-14-18-7-9(8-19-14)13(22)20-10-4-5-12(17)11(16)6-10/h4-8H,1-3H3,(H,20,22)(H,18,19,21). The third-order valence-electron chi connectivity index (χ3n) is 2.58. The van der Waals surface area contributed by atoms with E-state index in [9.17, 15) is 9.18 Å². The van der Waals surface area contributed by atoms with Crippen LogP contribution in [0.3, 0.4) is 0 Å². The maximum atomic E-state index is 13.1. The minimum atomic E-state index is -0.541. The van der Waals surface area contributed by atoms with E-state index in [1.54, 1.807) is 0 Å². The molecule has 1 aromatic carbocycles. The molecule has 0 bridgehead atoms. The first-order valence-electron chi connectivity index (χ1n) is 6.61. The van der Waals surface area contributed by atoms with E-state index in [-0.39, 0.29) is 10.6 Å². The van der Waals surface area contributed by atoms with Crippen molar-refractivity contribution in [3.05, 3.63) is 47.0 Å². The van der Waals surface area contributed by atoms with Crippen molar-refractivity contribution in [3.63, 3.8) is 0 Å². The summed E-state index contributed by atoms with van der Waals surface area (Å²) in [5.41, 5.74) is 0.516. The average Bonchev–Trinajstić information content (AvgIpc) is 2.42. The van der Waals surface area contributed by atoms with Crippen molar-refractivity contribution >= 4 is 29.1 Å². The van der Waals surface area contributed by atoms with Crippen LogP contribution in [0.2, 0.25) is 5.02 Å². The van der Waals surface area contributed by atoms with Crippen LogP contribution >= 0.6 is 11.6 Å². The maximum Gasteiger partial charge on any atom is 0.258 e. The summed E-state index contributed by atoms with van der Waals surface area (Å²) >= 11 is 5.67. The lowest BCUT2D eigenvalue weighted by Crippen LogP contribution is -2.27. The zero-order chi connectivity index (χ0) is 16.3. The second-order valence-electron chi connectivity index (χ2n) is 5.75. The lowest BCUT2D eigenvalue weighted by atomic mass is 10.1. The fourth-order valence-corrected chi connectivity index (χ4v) is 1.80. The van der Waals surface area contributed by atoms with E-state index in [4.69, 9.17) is 11.6 Å². The van der Waals surface area contributed by atoms with Gasteiger partial charge in [-0.2, -0.15) is 0 Å². The molecule has 7 heteroatoms. The molecule has 116 valence electrons. The summed E-state index contributed by atoms with van der Waals surface area (Å²) in [6.45, 7) is 5.94. The number of aromatic nitrogens is 2. The Morgan fingerprint density at radius 1 is 1.23 bits per heavy atom. The van der Waals surface area contributed by atoms with Gasteiger partial charge in [-0.15, -0.1) is 0 Å². The van der Waals surface area contributed by atoms with Crippen LogP contribution in [0.25, 0.3) is 0 Å². The van der Waals surface area contributed by atoms with E-state index >= 15 is 0 Å². The molecule has 0 aliphatic rings. The molecule has 2 N–H and O–H groups in total. The van der Waals surface area contributed by atoms with Crippen molar-refractivity contribution in [2.75, 3.05) is 10.6 Å². The average molecular weight is 323 g/mol. The highest BCUT2D eigenvalue weighted by Gasteiger charge is 2.13. The number of rotatable bonds is 3. The number of hydrogen-bond donors (Lipinski definition) is 2. The topological polar surface area (TPSA) is 66.9 Å². The fraction of sp³-hybridized carbons (Fsp3) is 0.267. The van der Waals surface area contributed by atoms with Crippen LogP contribution < -0.4 is 10.6 Å². The molecule has 1 aromatic heterocycles. The van der Waals surface area contributed by atoms with E-state index < -0.39 is 11.7 Å². The number of halogens is 2. The van der Waals surface area contributed by atoms with Crippen LogP contribution in [0, 0.1) is 5.82 Å². The highest BCUT2D eigenvalue weighted by atomic mass is 35.5. The van der Waals surface area contributed by atoms with Gasteiger partial charge in [0.15, 0.2) is 0 Å². The second-order valence-corrected chi connectivity index (χ2v) is 6.16. The Balaban J connectivity index is 2.08. The van der Waals surface area contributed by atoms with E-state index in [0.29, 0.717) is 17.2 Å². The van der Waals surface area contributed by atoms with Gasteiger partial charge in [-0.05, 0) is 39.0 Å². The Morgan fingerprint density at radius 3 is 2.41 bits per heavy atom. The number of amides is 1. The van der Waals surface area contributed by atoms with Gasteiger partial charge in [-0.1, -0.05) is 11.6 Å². The highest BCUT2D eigenvalue weighted by Crippen LogP contribution is 2.20. The molecule has 2 aromatic rings. The molecule has 0 radical (unpaired) electrons. The molecule has 0 atom stereocenters. The summed E-state index contributed by atoms with van der Waals surface area (Å²) in [5.74, 6) is -0.500. The predicted molar refractivity (Wildman–Crippen MR) is 84.8 cm³/mol. The van der Waals surface area contributed by atoms with Crippen LogP contribution in [-0.2, 0) is 0 Å². The van der Waals surface area contributed by atoms with Crippen LogP contribution in [0.15, 0.2) is 30.6 Å². The fourth-order valence-electron chi connectivity index (χ4n) is 1.62. The molecule has 2 rings (SSSR count). The molecule has 0 saturated carbocycles. The van der Waals surface area contributed by atoms with E-state index in [1.165, 1.54) is 30.6 Å². The number of nitrogens with zero attached hydrogens (tertiary/aromatic N) is 2. The van der Waals surface area contributed by atoms with Gasteiger partial charge in [0.05, 0.1) is 10.6 Å². The van der Waals surface area contributed by atoms with Crippen molar-refractivity contribution in [1.29, 1.82) is 0 Å². The van der Waals surface area contributed by atoms with Gasteiger partial charge in [0, 0.05) is 23.6 Å². The molecule has 5 nitrogen and oxygen atoms in total. The van der Waals surface area contributed by atoms with Gasteiger partial charge >= 0.3 is 0 Å². The van der Waals surface area contributed by atoms with E-state index in [2.05, 4.69) is 20.6 Å². The third-order valence-corrected chi connectivity index (χ3v) is 2.87. The Labute approximate surface area is 132 Å². The molecular weight excluding hydrogens is 307 g/mol. The van der Waals surface area contributed by atoms with Crippen molar-refractivity contribution in [1.82, 2.24) is 9.97 Å². The molecule has 0 aliphatic heterocycles. The molecular formula is C15H16ClFN4O. The number of benzene rings is 1. The van der Waals surface area contributed by atoms with Gasteiger partial charge < -0.3 is 10.6 Å². The number of anilines is 2. The maximum absolute atomic E-state index is 13.1. The van der Waals surface area contributed by atoms with Crippen molar-refractivity contribution in [2.45, 2.75) is 26.3 Å². The number of nitrogens with one attached hydrogen (secondary N) is 2. The summed E-state index contributed by atoms with van der Waals surface area (Å²) in [5, 5.41) is 5.64. The first-order chi connectivity index (χ1) is 10.2. The van der Waals surface area contributed by atoms with Crippen LogP contribution in [0.1, 0.15) is 31.1 Å². The Morgan fingerprint density at radius 2 is 1.86 bits per heavy atom. The summed E-state index contributed by atoms with van der Waals surface area (Å²) in [6.07, 6.45) is 2.84. The van der Waals surface area contributed by atoms with Gasteiger partial charge in [0.2, 0.25) is 5.95 Å². The largest absolute Gasteiger partial charge is 0.350 e. The minimum absolute atomic E-state index is 0.0567. The van der Waals surface area contributed by atoms with Crippen molar-refractivity contribution < 1.29 is 9.18 Å². The molecule has 0 spiro atoms. The van der Waals surface area contributed by atoms with E-state index in [1.807, 2.05) is 20.8 Å². The molecule has 1 amide bonds. The Kier molecular flexibility index (Phi) is 4.61. The van der Waals surface area contributed by atoms with E-state index in [0.717, 1.165) is 0 Å². The molecule has 22 heavy (non-hydrogen) atoms. The summed E-state index contributed by atoms with van der Waals surface area (Å²) in [4.78, 5) is 20.2. The lowest BCUT2D eigenvalue weighted by Gasteiger charge is -2.20. The molecule has 0 aliphatic carbocycles. The second kappa shape index (κ2) is 6.27. The van der Waals surface area contributed by atoms with Crippen molar-refractivity contribution in [3.8, 4) is 0 Å². The molecule has 0 saturated heterocycles. The van der Waals surface area contributed by atoms with Crippen LogP contribution in [0.4, 0.5) is 16.0 Å². The molecule has 0 unspecified atom stereocenters. The zero-order valence-corrected chi connectivity index (χ0v) is 13.2. The highest BCUT2D eigenvalue weighted by molar-refractivity contribution is 6.31. The number of carbonyl (C=O) groups excluding carboxylic acids is 1. The van der Waals surface area contributed by atoms with Gasteiger partial charge in [-0.3, -0.25) is 4.79 Å². The quantitative estimate of drug-likeness (QED) is 0.903.